The molecule has 0 aliphatic carbocycles. The van der Waals surface area contributed by atoms with Gasteiger partial charge >= 0.3 is 0 Å². The maximum Gasteiger partial charge on any atom is 0.127 e. The minimum absolute atomic E-state index is 0.0688. The number of hydrogen-bond donors (Lipinski definition) is 0. The van der Waals surface area contributed by atoms with Crippen molar-refractivity contribution in [1.82, 2.24) is 0 Å². The van der Waals surface area contributed by atoms with Gasteiger partial charge in [0.2, 0.25) is 0 Å². The normalized spacial score (nSPS) is 12.2. The average Bonchev–Trinajstić information content (AvgIpc) is 1.99. The molecule has 0 radical (unpaired) electrons. The molecule has 0 heterocycles. The van der Waals surface area contributed by atoms with E-state index >= 15 is 0 Å². The number of benzene rings is 1. The molecular formula is C14H21F. The minimum Gasteiger partial charge on any atom is -0.207 e. The van der Waals surface area contributed by atoms with Crippen molar-refractivity contribution in [1.29, 1.82) is 0 Å². The molecule has 0 nitrogen and oxygen atoms in total. The monoisotopic (exact) mass is 208 g/mol. The van der Waals surface area contributed by atoms with Crippen LogP contribution in [0.3, 0.4) is 0 Å². The average molecular weight is 208 g/mol. The Morgan fingerprint density at radius 1 is 1.20 bits per heavy atom. The Labute approximate surface area is 92.5 Å². The van der Waals surface area contributed by atoms with Crippen LogP contribution in [0.15, 0.2) is 18.2 Å². The number of rotatable bonds is 2. The van der Waals surface area contributed by atoms with E-state index in [0.29, 0.717) is 5.92 Å². The zero-order valence-corrected chi connectivity index (χ0v) is 10.4. The summed E-state index contributed by atoms with van der Waals surface area (Å²) in [6.45, 7) is 10.4. The Balaban J connectivity index is 2.99. The van der Waals surface area contributed by atoms with E-state index in [-0.39, 0.29) is 11.2 Å². The second-order valence-corrected chi connectivity index (χ2v) is 5.66. The van der Waals surface area contributed by atoms with E-state index in [4.69, 9.17) is 0 Å². The van der Waals surface area contributed by atoms with Gasteiger partial charge in [-0.25, -0.2) is 4.39 Å². The fraction of sp³-hybridized carbons (Fsp3) is 0.571. The topological polar surface area (TPSA) is 0 Å². The lowest BCUT2D eigenvalue weighted by Gasteiger charge is -2.20. The van der Waals surface area contributed by atoms with Gasteiger partial charge in [-0.05, 0) is 34.9 Å². The maximum absolute atomic E-state index is 13.8. The van der Waals surface area contributed by atoms with Crippen molar-refractivity contribution < 1.29 is 4.39 Å². The Kier molecular flexibility index (Phi) is 3.54. The summed E-state index contributed by atoms with van der Waals surface area (Å²) in [6, 6.07) is 5.65. The molecule has 0 bridgehead atoms. The molecule has 0 fully saturated rings. The van der Waals surface area contributed by atoms with Crippen LogP contribution in [-0.4, -0.2) is 0 Å². The van der Waals surface area contributed by atoms with E-state index < -0.39 is 0 Å². The van der Waals surface area contributed by atoms with Gasteiger partial charge in [0.25, 0.3) is 0 Å². The molecule has 0 aliphatic heterocycles. The highest BCUT2D eigenvalue weighted by atomic mass is 19.1. The van der Waals surface area contributed by atoms with Crippen molar-refractivity contribution in [2.24, 2.45) is 5.92 Å². The first-order valence-corrected chi connectivity index (χ1v) is 5.59. The van der Waals surface area contributed by atoms with Crippen LogP contribution in [0.1, 0.15) is 45.7 Å². The van der Waals surface area contributed by atoms with Crippen molar-refractivity contribution in [2.75, 3.05) is 0 Å². The molecule has 1 rings (SSSR count). The molecule has 0 aliphatic rings. The first-order chi connectivity index (χ1) is 6.80. The van der Waals surface area contributed by atoms with Crippen molar-refractivity contribution in [3.63, 3.8) is 0 Å². The molecular weight excluding hydrogens is 187 g/mol. The molecule has 15 heavy (non-hydrogen) atoms. The molecule has 0 saturated heterocycles. The van der Waals surface area contributed by atoms with E-state index in [2.05, 4.69) is 13.8 Å². The van der Waals surface area contributed by atoms with Crippen LogP contribution in [-0.2, 0) is 11.8 Å². The highest BCUT2D eigenvalue weighted by Crippen LogP contribution is 2.26. The molecule has 1 aromatic carbocycles. The molecule has 0 aromatic heterocycles. The molecule has 84 valence electrons. The third kappa shape index (κ3) is 3.33. The molecule has 1 aromatic rings. The molecule has 1 heteroatoms. The summed E-state index contributed by atoms with van der Waals surface area (Å²) in [7, 11) is 0. The fourth-order valence-corrected chi connectivity index (χ4v) is 1.77. The van der Waals surface area contributed by atoms with Crippen LogP contribution in [0.2, 0.25) is 0 Å². The van der Waals surface area contributed by atoms with Gasteiger partial charge in [0.1, 0.15) is 5.82 Å². The Morgan fingerprint density at radius 2 is 1.80 bits per heavy atom. The summed E-state index contributed by atoms with van der Waals surface area (Å²) >= 11 is 0. The summed E-state index contributed by atoms with van der Waals surface area (Å²) < 4.78 is 13.8. The zero-order chi connectivity index (χ0) is 11.6. The Hall–Kier alpha value is -0.850. The predicted molar refractivity (Wildman–Crippen MR) is 63.6 cm³/mol. The van der Waals surface area contributed by atoms with E-state index in [0.717, 1.165) is 17.5 Å². The Morgan fingerprint density at radius 3 is 2.20 bits per heavy atom. The third-order valence-electron chi connectivity index (χ3n) is 2.49. The van der Waals surface area contributed by atoms with E-state index in [1.54, 1.807) is 6.07 Å². The van der Waals surface area contributed by atoms with E-state index in [1.165, 1.54) is 0 Å². The van der Waals surface area contributed by atoms with Crippen LogP contribution in [0, 0.1) is 11.7 Å². The number of halogens is 1. The number of hydrogen-bond acceptors (Lipinski definition) is 0. The van der Waals surface area contributed by atoms with Crippen LogP contribution >= 0.6 is 0 Å². The SMILES string of the molecule is CC(C)Cc1ccc(C(C)(C)C)c(F)c1. The summed E-state index contributed by atoms with van der Waals surface area (Å²) in [4.78, 5) is 0. The molecule has 0 N–H and O–H groups in total. The summed E-state index contributed by atoms with van der Waals surface area (Å²) in [5.41, 5.74) is 1.78. The standard InChI is InChI=1S/C14H21F/c1-10(2)8-11-6-7-12(13(15)9-11)14(3,4)5/h6-7,9-10H,8H2,1-5H3. The van der Waals surface area contributed by atoms with Crippen molar-refractivity contribution in [3.05, 3.63) is 35.1 Å². The lowest BCUT2D eigenvalue weighted by atomic mass is 9.85. The summed E-state index contributed by atoms with van der Waals surface area (Å²) in [5.74, 6) is 0.505. The highest BCUT2D eigenvalue weighted by Gasteiger charge is 2.18. The highest BCUT2D eigenvalue weighted by molar-refractivity contribution is 5.29. The lowest BCUT2D eigenvalue weighted by molar-refractivity contribution is 0.520. The quantitative estimate of drug-likeness (QED) is 0.679. The van der Waals surface area contributed by atoms with Crippen LogP contribution in [0.5, 0.6) is 0 Å². The van der Waals surface area contributed by atoms with Crippen molar-refractivity contribution in [3.8, 4) is 0 Å². The molecule has 0 spiro atoms. The summed E-state index contributed by atoms with van der Waals surface area (Å²) in [6.07, 6.45) is 0.946. The van der Waals surface area contributed by atoms with Gasteiger partial charge < -0.3 is 0 Å². The minimum atomic E-state index is -0.111. The molecule has 0 atom stereocenters. The first kappa shape index (κ1) is 12.2. The maximum atomic E-state index is 13.8. The van der Waals surface area contributed by atoms with Crippen molar-refractivity contribution in [2.45, 2.75) is 46.5 Å². The third-order valence-corrected chi connectivity index (χ3v) is 2.49. The fourth-order valence-electron chi connectivity index (χ4n) is 1.77. The van der Waals surface area contributed by atoms with Gasteiger partial charge in [-0.15, -0.1) is 0 Å². The van der Waals surface area contributed by atoms with E-state index in [9.17, 15) is 4.39 Å². The van der Waals surface area contributed by atoms with E-state index in [1.807, 2.05) is 32.9 Å². The van der Waals surface area contributed by atoms with Crippen LogP contribution < -0.4 is 0 Å². The second-order valence-electron chi connectivity index (χ2n) is 5.66. The second kappa shape index (κ2) is 4.34. The zero-order valence-electron chi connectivity index (χ0n) is 10.4. The van der Waals surface area contributed by atoms with Crippen LogP contribution in [0.25, 0.3) is 0 Å². The smallest absolute Gasteiger partial charge is 0.127 e. The van der Waals surface area contributed by atoms with Gasteiger partial charge in [0.15, 0.2) is 0 Å². The molecule has 0 amide bonds. The predicted octanol–water partition coefficient (Wildman–Crippen LogP) is 4.32. The largest absolute Gasteiger partial charge is 0.207 e. The van der Waals surface area contributed by atoms with Gasteiger partial charge in [-0.1, -0.05) is 46.8 Å². The Bertz CT molecular complexity index is 332. The van der Waals surface area contributed by atoms with Crippen molar-refractivity contribution >= 4 is 0 Å². The van der Waals surface area contributed by atoms with Gasteiger partial charge in [0.05, 0.1) is 0 Å². The summed E-state index contributed by atoms with van der Waals surface area (Å²) in [5, 5.41) is 0. The molecule has 0 unspecified atom stereocenters. The van der Waals surface area contributed by atoms with Gasteiger partial charge in [-0.3, -0.25) is 0 Å². The van der Waals surface area contributed by atoms with Gasteiger partial charge in [0, 0.05) is 0 Å². The lowest BCUT2D eigenvalue weighted by Crippen LogP contribution is -2.13. The van der Waals surface area contributed by atoms with Crippen LogP contribution in [0.4, 0.5) is 4.39 Å². The first-order valence-electron chi connectivity index (χ1n) is 5.59. The van der Waals surface area contributed by atoms with Gasteiger partial charge in [-0.2, -0.15) is 0 Å². The molecule has 0 saturated carbocycles.